The van der Waals surface area contributed by atoms with Crippen molar-refractivity contribution < 1.29 is 0 Å². The standard InChI is InChI=1S/C18H23N5/c19-18-21-15-9-5-4-8-14(15)17(22-18)23-11-10-20-16(12-23)13-6-2-1-3-7-13/h1-3,6-7,16,20H,4-5,8-12H2,(H2,19,21,22). The van der Waals surface area contributed by atoms with Crippen LogP contribution in [0.15, 0.2) is 30.3 Å². The van der Waals surface area contributed by atoms with Gasteiger partial charge in [0, 0.05) is 31.2 Å². The number of hydrogen-bond donors (Lipinski definition) is 2. The lowest BCUT2D eigenvalue weighted by atomic mass is 9.95. The number of piperazine rings is 1. The molecule has 2 heterocycles. The Morgan fingerprint density at radius 3 is 2.78 bits per heavy atom. The number of rotatable bonds is 2. The Labute approximate surface area is 136 Å². The number of benzene rings is 1. The van der Waals surface area contributed by atoms with Crippen LogP contribution < -0.4 is 16.0 Å². The number of anilines is 2. The number of aromatic nitrogens is 2. The van der Waals surface area contributed by atoms with Gasteiger partial charge in [-0.05, 0) is 31.2 Å². The van der Waals surface area contributed by atoms with Crippen molar-refractivity contribution >= 4 is 11.8 Å². The number of fused-ring (bicyclic) bond motifs is 1. The Morgan fingerprint density at radius 2 is 1.91 bits per heavy atom. The van der Waals surface area contributed by atoms with E-state index in [0.717, 1.165) is 44.0 Å². The molecule has 2 aromatic rings. The van der Waals surface area contributed by atoms with E-state index in [1.807, 2.05) is 0 Å². The first-order valence-electron chi connectivity index (χ1n) is 8.50. The van der Waals surface area contributed by atoms with Crippen molar-refractivity contribution in [3.05, 3.63) is 47.2 Å². The number of aryl methyl sites for hydroxylation is 1. The average Bonchev–Trinajstić information content (AvgIpc) is 2.62. The molecule has 5 nitrogen and oxygen atoms in total. The first-order chi connectivity index (χ1) is 11.3. The lowest BCUT2D eigenvalue weighted by Gasteiger charge is -2.36. The molecular weight excluding hydrogens is 286 g/mol. The van der Waals surface area contributed by atoms with Gasteiger partial charge in [-0.3, -0.25) is 0 Å². The summed E-state index contributed by atoms with van der Waals surface area (Å²) in [5.74, 6) is 1.48. The Hall–Kier alpha value is -2.14. The monoisotopic (exact) mass is 309 g/mol. The summed E-state index contributed by atoms with van der Waals surface area (Å²) in [6.07, 6.45) is 4.53. The second-order valence-electron chi connectivity index (χ2n) is 6.40. The normalized spacial score (nSPS) is 21.0. The van der Waals surface area contributed by atoms with Crippen molar-refractivity contribution in [2.45, 2.75) is 31.7 Å². The van der Waals surface area contributed by atoms with Crippen LogP contribution in [0.3, 0.4) is 0 Å². The lowest BCUT2D eigenvalue weighted by Crippen LogP contribution is -2.46. The van der Waals surface area contributed by atoms with Crippen LogP contribution in [-0.2, 0) is 12.8 Å². The molecule has 0 amide bonds. The maximum Gasteiger partial charge on any atom is 0.222 e. The molecule has 1 saturated heterocycles. The lowest BCUT2D eigenvalue weighted by molar-refractivity contribution is 0.467. The largest absolute Gasteiger partial charge is 0.368 e. The number of nitrogen functional groups attached to an aromatic ring is 1. The molecule has 1 fully saturated rings. The molecule has 1 aromatic heterocycles. The molecule has 1 aliphatic heterocycles. The molecule has 0 spiro atoms. The van der Waals surface area contributed by atoms with E-state index < -0.39 is 0 Å². The van der Waals surface area contributed by atoms with E-state index in [-0.39, 0.29) is 0 Å². The minimum Gasteiger partial charge on any atom is -0.368 e. The Bertz CT molecular complexity index is 685. The van der Waals surface area contributed by atoms with Gasteiger partial charge < -0.3 is 16.0 Å². The Balaban J connectivity index is 1.64. The molecule has 0 radical (unpaired) electrons. The molecule has 1 aliphatic carbocycles. The van der Waals surface area contributed by atoms with Crippen molar-refractivity contribution in [3.63, 3.8) is 0 Å². The SMILES string of the molecule is Nc1nc2c(c(N3CCNC(c4ccccc4)C3)n1)CCCC2. The zero-order valence-electron chi connectivity index (χ0n) is 13.3. The number of nitrogens with one attached hydrogen (secondary N) is 1. The van der Waals surface area contributed by atoms with E-state index in [1.54, 1.807) is 0 Å². The van der Waals surface area contributed by atoms with Gasteiger partial charge in [-0.2, -0.15) is 4.98 Å². The molecule has 1 aromatic carbocycles. The summed E-state index contributed by atoms with van der Waals surface area (Å²) in [5, 5.41) is 3.61. The molecule has 2 aliphatic rings. The average molecular weight is 309 g/mol. The summed E-state index contributed by atoms with van der Waals surface area (Å²) < 4.78 is 0. The van der Waals surface area contributed by atoms with E-state index in [2.05, 4.69) is 50.5 Å². The van der Waals surface area contributed by atoms with Crippen molar-refractivity contribution in [1.29, 1.82) is 0 Å². The fourth-order valence-corrected chi connectivity index (χ4v) is 3.71. The highest BCUT2D eigenvalue weighted by molar-refractivity contribution is 5.53. The fraction of sp³-hybridized carbons (Fsp3) is 0.444. The second kappa shape index (κ2) is 6.16. The predicted octanol–water partition coefficient (Wildman–Crippen LogP) is 2.09. The molecule has 3 N–H and O–H groups in total. The highest BCUT2D eigenvalue weighted by Crippen LogP contribution is 2.30. The maximum atomic E-state index is 5.97. The van der Waals surface area contributed by atoms with Gasteiger partial charge in [-0.15, -0.1) is 0 Å². The fourth-order valence-electron chi connectivity index (χ4n) is 3.71. The van der Waals surface area contributed by atoms with Gasteiger partial charge in [-0.25, -0.2) is 4.98 Å². The minimum absolute atomic E-state index is 0.334. The van der Waals surface area contributed by atoms with Crippen LogP contribution in [-0.4, -0.2) is 29.6 Å². The third-order valence-electron chi connectivity index (χ3n) is 4.86. The first kappa shape index (κ1) is 14.5. The van der Waals surface area contributed by atoms with Crippen LogP contribution >= 0.6 is 0 Å². The first-order valence-corrected chi connectivity index (χ1v) is 8.50. The summed E-state index contributed by atoms with van der Waals surface area (Å²) >= 11 is 0. The van der Waals surface area contributed by atoms with E-state index >= 15 is 0 Å². The predicted molar refractivity (Wildman–Crippen MR) is 92.5 cm³/mol. The third-order valence-corrected chi connectivity index (χ3v) is 4.86. The van der Waals surface area contributed by atoms with Crippen LogP contribution in [0.25, 0.3) is 0 Å². The van der Waals surface area contributed by atoms with Gasteiger partial charge in [0.2, 0.25) is 5.95 Å². The van der Waals surface area contributed by atoms with Gasteiger partial charge in [0.15, 0.2) is 0 Å². The third kappa shape index (κ3) is 2.88. The van der Waals surface area contributed by atoms with Crippen molar-refractivity contribution in [2.75, 3.05) is 30.3 Å². The molecule has 4 rings (SSSR count). The minimum atomic E-state index is 0.334. The summed E-state index contributed by atoms with van der Waals surface area (Å²) in [4.78, 5) is 11.5. The Kier molecular flexibility index (Phi) is 3.87. The van der Waals surface area contributed by atoms with Gasteiger partial charge in [0.1, 0.15) is 5.82 Å². The quantitative estimate of drug-likeness (QED) is 0.889. The van der Waals surface area contributed by atoms with Crippen LogP contribution in [0.4, 0.5) is 11.8 Å². The second-order valence-corrected chi connectivity index (χ2v) is 6.40. The van der Waals surface area contributed by atoms with Crippen molar-refractivity contribution in [2.24, 2.45) is 0 Å². The molecule has 0 bridgehead atoms. The molecule has 0 saturated carbocycles. The zero-order chi connectivity index (χ0) is 15.6. The van der Waals surface area contributed by atoms with Crippen LogP contribution in [0.2, 0.25) is 0 Å². The molecule has 120 valence electrons. The smallest absolute Gasteiger partial charge is 0.222 e. The molecule has 1 atom stereocenters. The van der Waals surface area contributed by atoms with Crippen LogP contribution in [0.1, 0.15) is 35.7 Å². The van der Waals surface area contributed by atoms with Crippen LogP contribution in [0, 0.1) is 0 Å². The summed E-state index contributed by atoms with van der Waals surface area (Å²) in [6, 6.07) is 11.0. The van der Waals surface area contributed by atoms with Gasteiger partial charge in [-0.1, -0.05) is 30.3 Å². The van der Waals surface area contributed by atoms with Gasteiger partial charge in [0.05, 0.1) is 5.69 Å². The highest BCUT2D eigenvalue weighted by Gasteiger charge is 2.26. The topological polar surface area (TPSA) is 67.1 Å². The molecule has 23 heavy (non-hydrogen) atoms. The molecule has 1 unspecified atom stereocenters. The molecule has 5 heteroatoms. The highest BCUT2D eigenvalue weighted by atomic mass is 15.3. The van der Waals surface area contributed by atoms with E-state index in [9.17, 15) is 0 Å². The number of nitrogens with two attached hydrogens (primary N) is 1. The van der Waals surface area contributed by atoms with E-state index in [4.69, 9.17) is 5.73 Å². The summed E-state index contributed by atoms with van der Waals surface area (Å²) in [6.45, 7) is 2.84. The molecular formula is C18H23N5. The van der Waals surface area contributed by atoms with Gasteiger partial charge >= 0.3 is 0 Å². The van der Waals surface area contributed by atoms with E-state index in [0.29, 0.717) is 12.0 Å². The van der Waals surface area contributed by atoms with Crippen molar-refractivity contribution in [1.82, 2.24) is 15.3 Å². The van der Waals surface area contributed by atoms with Crippen LogP contribution in [0.5, 0.6) is 0 Å². The van der Waals surface area contributed by atoms with Gasteiger partial charge in [0.25, 0.3) is 0 Å². The van der Waals surface area contributed by atoms with Crippen molar-refractivity contribution in [3.8, 4) is 0 Å². The number of hydrogen-bond acceptors (Lipinski definition) is 5. The zero-order valence-corrected chi connectivity index (χ0v) is 13.3. The summed E-state index contributed by atoms with van der Waals surface area (Å²) in [7, 11) is 0. The summed E-state index contributed by atoms with van der Waals surface area (Å²) in [5.41, 5.74) is 9.78. The Morgan fingerprint density at radius 1 is 1.09 bits per heavy atom. The maximum absolute atomic E-state index is 5.97. The van der Waals surface area contributed by atoms with E-state index in [1.165, 1.54) is 24.0 Å². The number of nitrogens with zero attached hydrogens (tertiary/aromatic N) is 3.